The molecule has 0 amide bonds. The van der Waals surface area contributed by atoms with E-state index >= 15 is 0 Å². The molecule has 1 unspecified atom stereocenters. The van der Waals surface area contributed by atoms with Gasteiger partial charge in [-0.2, -0.15) is 0 Å². The summed E-state index contributed by atoms with van der Waals surface area (Å²) in [5.74, 6) is 0.790. The van der Waals surface area contributed by atoms with Crippen LogP contribution in [0.3, 0.4) is 0 Å². The topological polar surface area (TPSA) is 21.3 Å². The molecule has 1 saturated heterocycles. The van der Waals surface area contributed by atoms with Gasteiger partial charge >= 0.3 is 0 Å². The minimum absolute atomic E-state index is 0.107. The Hall–Kier alpha value is -0.0800. The van der Waals surface area contributed by atoms with Gasteiger partial charge in [-0.15, -0.1) is 0 Å². The third-order valence-electron chi connectivity index (χ3n) is 5.61. The predicted octanol–water partition coefficient (Wildman–Crippen LogP) is 3.65. The van der Waals surface area contributed by atoms with E-state index in [9.17, 15) is 0 Å². The van der Waals surface area contributed by atoms with Crippen molar-refractivity contribution in [2.75, 3.05) is 13.1 Å². The monoisotopic (exact) mass is 251 g/mol. The lowest BCUT2D eigenvalue weighted by Gasteiger charge is -2.52. The Morgan fingerprint density at radius 2 is 1.56 bits per heavy atom. The summed E-state index contributed by atoms with van der Waals surface area (Å²) in [6, 6.07) is 0. The number of hydrogen-bond acceptors (Lipinski definition) is 2. The second-order valence-electron chi connectivity index (χ2n) is 7.10. The third-order valence-corrected chi connectivity index (χ3v) is 5.61. The van der Waals surface area contributed by atoms with Gasteiger partial charge in [0.25, 0.3) is 0 Å². The number of hydrogen-bond donors (Lipinski definition) is 1. The quantitative estimate of drug-likeness (QED) is 0.768. The molecule has 0 radical (unpaired) electrons. The van der Waals surface area contributed by atoms with Crippen LogP contribution in [0.4, 0.5) is 0 Å². The third kappa shape index (κ3) is 2.46. The van der Waals surface area contributed by atoms with Crippen LogP contribution in [-0.4, -0.2) is 24.3 Å². The second kappa shape index (κ2) is 5.13. The molecule has 0 aromatic carbocycles. The van der Waals surface area contributed by atoms with Crippen molar-refractivity contribution in [2.45, 2.75) is 82.3 Å². The van der Waals surface area contributed by atoms with Gasteiger partial charge in [-0.3, -0.25) is 0 Å². The maximum atomic E-state index is 6.78. The van der Waals surface area contributed by atoms with E-state index in [0.717, 1.165) is 19.0 Å². The smallest absolute Gasteiger partial charge is 0.0814 e. The molecule has 3 fully saturated rings. The van der Waals surface area contributed by atoms with E-state index in [1.807, 2.05) is 0 Å². The van der Waals surface area contributed by atoms with Crippen LogP contribution in [0.1, 0.15) is 71.1 Å². The Balaban J connectivity index is 1.71. The molecule has 3 aliphatic rings. The summed E-state index contributed by atoms with van der Waals surface area (Å²) >= 11 is 0. The van der Waals surface area contributed by atoms with Gasteiger partial charge in [0.1, 0.15) is 0 Å². The first-order valence-corrected chi connectivity index (χ1v) is 8.13. The van der Waals surface area contributed by atoms with Crippen molar-refractivity contribution < 1.29 is 4.74 Å². The lowest BCUT2D eigenvalue weighted by molar-refractivity contribution is -0.208. The van der Waals surface area contributed by atoms with E-state index in [0.29, 0.717) is 0 Å². The maximum absolute atomic E-state index is 6.78. The van der Waals surface area contributed by atoms with Crippen molar-refractivity contribution in [1.29, 1.82) is 0 Å². The second-order valence-corrected chi connectivity index (χ2v) is 7.10. The molecule has 2 nitrogen and oxygen atoms in total. The van der Waals surface area contributed by atoms with Crippen molar-refractivity contribution in [1.82, 2.24) is 5.32 Å². The Labute approximate surface area is 112 Å². The highest BCUT2D eigenvalue weighted by atomic mass is 16.5. The standard InChI is InChI=1S/C16H29NO/c1-15(14-8-4-2-5-9-14)12-17-13-16(18-15)10-6-3-7-11-16/h14,17H,2-13H2,1H3. The van der Waals surface area contributed by atoms with Gasteiger partial charge in [0.15, 0.2) is 0 Å². The summed E-state index contributed by atoms with van der Waals surface area (Å²) in [4.78, 5) is 0. The van der Waals surface area contributed by atoms with Gasteiger partial charge in [0.05, 0.1) is 11.2 Å². The molecule has 1 spiro atoms. The van der Waals surface area contributed by atoms with Gasteiger partial charge in [0, 0.05) is 13.1 Å². The van der Waals surface area contributed by atoms with Crippen LogP contribution in [0.25, 0.3) is 0 Å². The first-order chi connectivity index (χ1) is 8.73. The van der Waals surface area contributed by atoms with Gasteiger partial charge in [0.2, 0.25) is 0 Å². The van der Waals surface area contributed by atoms with E-state index < -0.39 is 0 Å². The van der Waals surface area contributed by atoms with E-state index in [-0.39, 0.29) is 11.2 Å². The molecule has 104 valence electrons. The van der Waals surface area contributed by atoms with E-state index in [2.05, 4.69) is 12.2 Å². The zero-order valence-electron chi connectivity index (χ0n) is 12.0. The highest BCUT2D eigenvalue weighted by Gasteiger charge is 2.47. The molecule has 0 aromatic heterocycles. The minimum Gasteiger partial charge on any atom is -0.366 e. The largest absolute Gasteiger partial charge is 0.366 e. The minimum atomic E-state index is 0.107. The average Bonchev–Trinajstić information content (AvgIpc) is 2.40. The fourth-order valence-corrected chi connectivity index (χ4v) is 4.52. The molecule has 1 aliphatic heterocycles. The summed E-state index contributed by atoms with van der Waals surface area (Å²) < 4.78 is 6.78. The van der Waals surface area contributed by atoms with Crippen LogP contribution in [0.15, 0.2) is 0 Å². The van der Waals surface area contributed by atoms with Crippen LogP contribution in [0.5, 0.6) is 0 Å². The van der Waals surface area contributed by atoms with Crippen LogP contribution in [0, 0.1) is 5.92 Å². The van der Waals surface area contributed by atoms with E-state index in [1.54, 1.807) is 0 Å². The summed E-state index contributed by atoms with van der Waals surface area (Å²) in [5, 5.41) is 3.71. The Kier molecular flexibility index (Phi) is 3.68. The first kappa shape index (κ1) is 12.9. The number of ether oxygens (including phenoxy) is 1. The molecule has 0 aromatic rings. The van der Waals surface area contributed by atoms with Gasteiger partial charge in [-0.25, -0.2) is 0 Å². The molecule has 18 heavy (non-hydrogen) atoms. The zero-order chi connectivity index (χ0) is 12.5. The highest BCUT2D eigenvalue weighted by molar-refractivity contribution is 4.99. The summed E-state index contributed by atoms with van der Waals surface area (Å²) in [7, 11) is 0. The molecule has 2 saturated carbocycles. The average molecular weight is 251 g/mol. The van der Waals surface area contributed by atoms with Gasteiger partial charge in [-0.1, -0.05) is 38.5 Å². The van der Waals surface area contributed by atoms with Crippen molar-refractivity contribution in [2.24, 2.45) is 5.92 Å². The molecule has 1 N–H and O–H groups in total. The van der Waals surface area contributed by atoms with Gasteiger partial charge < -0.3 is 10.1 Å². The van der Waals surface area contributed by atoms with Crippen molar-refractivity contribution in [3.8, 4) is 0 Å². The van der Waals surface area contributed by atoms with Crippen LogP contribution < -0.4 is 5.32 Å². The summed E-state index contributed by atoms with van der Waals surface area (Å²) in [6.07, 6.45) is 13.7. The van der Waals surface area contributed by atoms with E-state index in [1.165, 1.54) is 64.2 Å². The first-order valence-electron chi connectivity index (χ1n) is 8.13. The SMILES string of the molecule is CC1(C2CCCCC2)CNCC2(CCCCC2)O1. The lowest BCUT2D eigenvalue weighted by atomic mass is 9.74. The molecule has 2 aliphatic carbocycles. The Bertz CT molecular complexity index is 273. The molecule has 3 rings (SSSR count). The highest BCUT2D eigenvalue weighted by Crippen LogP contribution is 2.43. The Morgan fingerprint density at radius 1 is 0.889 bits per heavy atom. The number of nitrogens with one attached hydrogen (secondary N) is 1. The normalized spacial score (nSPS) is 37.8. The zero-order valence-corrected chi connectivity index (χ0v) is 12.0. The summed E-state index contributed by atoms with van der Waals surface area (Å²) in [6.45, 7) is 4.54. The number of rotatable bonds is 1. The van der Waals surface area contributed by atoms with Gasteiger partial charge in [-0.05, 0) is 38.5 Å². The fourth-order valence-electron chi connectivity index (χ4n) is 4.52. The van der Waals surface area contributed by atoms with Crippen molar-refractivity contribution in [3.05, 3.63) is 0 Å². The maximum Gasteiger partial charge on any atom is 0.0814 e. The lowest BCUT2D eigenvalue weighted by Crippen LogP contribution is -2.62. The molecular weight excluding hydrogens is 222 g/mol. The van der Waals surface area contributed by atoms with Crippen LogP contribution >= 0.6 is 0 Å². The van der Waals surface area contributed by atoms with Crippen LogP contribution in [0.2, 0.25) is 0 Å². The van der Waals surface area contributed by atoms with Crippen molar-refractivity contribution >= 4 is 0 Å². The Morgan fingerprint density at radius 3 is 2.28 bits per heavy atom. The molecule has 1 heterocycles. The molecular formula is C16H29NO. The van der Waals surface area contributed by atoms with E-state index in [4.69, 9.17) is 4.74 Å². The number of morpholine rings is 1. The molecule has 1 atom stereocenters. The molecule has 2 heteroatoms. The summed E-state index contributed by atoms with van der Waals surface area (Å²) in [5.41, 5.74) is 0.290. The predicted molar refractivity (Wildman–Crippen MR) is 74.8 cm³/mol. The fraction of sp³-hybridized carbons (Fsp3) is 1.00. The van der Waals surface area contributed by atoms with Crippen LogP contribution in [-0.2, 0) is 4.74 Å². The molecule has 0 bridgehead atoms. The van der Waals surface area contributed by atoms with Crippen molar-refractivity contribution in [3.63, 3.8) is 0 Å².